The van der Waals surface area contributed by atoms with Gasteiger partial charge in [0.15, 0.2) is 5.78 Å². The number of nitrogens with zero attached hydrogens (tertiary/aromatic N) is 2. The fourth-order valence-corrected chi connectivity index (χ4v) is 4.47. The van der Waals surface area contributed by atoms with E-state index in [1.807, 2.05) is 12.1 Å². The van der Waals surface area contributed by atoms with Crippen molar-refractivity contribution in [1.82, 2.24) is 9.97 Å². The third-order valence-electron chi connectivity index (χ3n) is 5.97. The van der Waals surface area contributed by atoms with Crippen molar-refractivity contribution in [1.29, 1.82) is 0 Å². The third kappa shape index (κ3) is 5.58. The Morgan fingerprint density at radius 2 is 1.84 bits per heavy atom. The molecule has 37 heavy (non-hydrogen) atoms. The van der Waals surface area contributed by atoms with Crippen LogP contribution in [0.4, 0.5) is 0 Å². The maximum atomic E-state index is 12.8. The lowest BCUT2D eigenvalue weighted by molar-refractivity contribution is -0.139. The molecule has 0 radical (unpaired) electrons. The Hall–Kier alpha value is -3.94. The van der Waals surface area contributed by atoms with E-state index in [4.69, 9.17) is 32.7 Å². The zero-order valence-corrected chi connectivity index (χ0v) is 20.9. The van der Waals surface area contributed by atoms with Crippen LogP contribution in [-0.2, 0) is 11.2 Å². The second-order valence-electron chi connectivity index (χ2n) is 8.48. The van der Waals surface area contributed by atoms with Crippen molar-refractivity contribution in [2.24, 2.45) is 0 Å². The molecule has 0 saturated carbocycles. The molecule has 0 fully saturated rings. The Balaban J connectivity index is 1.25. The van der Waals surface area contributed by atoms with Gasteiger partial charge in [-0.15, -0.1) is 0 Å². The number of benzene rings is 3. The van der Waals surface area contributed by atoms with E-state index < -0.39 is 11.9 Å². The van der Waals surface area contributed by atoms with Crippen LogP contribution in [-0.4, -0.2) is 33.4 Å². The van der Waals surface area contributed by atoms with Crippen LogP contribution in [0.3, 0.4) is 0 Å². The molecule has 186 valence electrons. The Labute approximate surface area is 222 Å². The molecule has 0 saturated heterocycles. The van der Waals surface area contributed by atoms with Crippen LogP contribution in [0.25, 0.3) is 11.3 Å². The van der Waals surface area contributed by atoms with Crippen molar-refractivity contribution in [3.05, 3.63) is 99.9 Å². The molecular weight excluding hydrogens is 515 g/mol. The molecule has 1 N–H and O–H groups in total. The first kappa shape index (κ1) is 24.7. The number of carbonyl (C=O) groups excluding carboxylic acids is 1. The molecule has 0 aliphatic carbocycles. The molecule has 2 heterocycles. The molecule has 5 rings (SSSR count). The van der Waals surface area contributed by atoms with Gasteiger partial charge in [-0.2, -0.15) is 0 Å². The molecule has 1 unspecified atom stereocenters. The normalized spacial score (nSPS) is 14.4. The average molecular weight is 535 g/mol. The van der Waals surface area contributed by atoms with Crippen molar-refractivity contribution < 1.29 is 24.2 Å². The second-order valence-corrected chi connectivity index (χ2v) is 9.32. The van der Waals surface area contributed by atoms with Gasteiger partial charge < -0.3 is 14.6 Å². The summed E-state index contributed by atoms with van der Waals surface area (Å²) in [6.45, 7) is 0.301. The number of aliphatic carboxylic acids is 1. The standard InChI is InChI=1S/C28H20Cl2N2O5/c29-18-3-1-2-17(10-18)24-15-31-19(14-32-24)11-25(33)16-4-6-20(7-5-16)37-27-13-26-22(12-23(27)30)21(28(34)35)8-9-36-26/h1-7,10,12-15,21H,8-9,11H2,(H,34,35). The Morgan fingerprint density at radius 1 is 1.03 bits per heavy atom. The van der Waals surface area contributed by atoms with Gasteiger partial charge in [-0.3, -0.25) is 19.6 Å². The van der Waals surface area contributed by atoms with Crippen LogP contribution in [0, 0.1) is 0 Å². The van der Waals surface area contributed by atoms with Gasteiger partial charge >= 0.3 is 5.97 Å². The lowest BCUT2D eigenvalue weighted by Crippen LogP contribution is -2.20. The molecule has 1 atom stereocenters. The fraction of sp³-hybridized carbons (Fsp3) is 0.143. The van der Waals surface area contributed by atoms with Gasteiger partial charge in [0.25, 0.3) is 0 Å². The highest BCUT2D eigenvalue weighted by Gasteiger charge is 2.29. The Bertz CT molecular complexity index is 1470. The molecule has 1 aromatic heterocycles. The summed E-state index contributed by atoms with van der Waals surface area (Å²) in [4.78, 5) is 33.1. The molecular formula is C28H20Cl2N2O5. The van der Waals surface area contributed by atoms with E-state index >= 15 is 0 Å². The van der Waals surface area contributed by atoms with E-state index in [2.05, 4.69) is 9.97 Å². The minimum atomic E-state index is -0.919. The van der Waals surface area contributed by atoms with E-state index in [9.17, 15) is 14.7 Å². The Morgan fingerprint density at radius 3 is 2.54 bits per heavy atom. The van der Waals surface area contributed by atoms with E-state index in [0.717, 1.165) is 5.56 Å². The maximum absolute atomic E-state index is 12.8. The van der Waals surface area contributed by atoms with Crippen LogP contribution in [0.15, 0.2) is 73.1 Å². The average Bonchev–Trinajstić information content (AvgIpc) is 2.89. The Kier molecular flexibility index (Phi) is 7.08. The first-order chi connectivity index (χ1) is 17.9. The summed E-state index contributed by atoms with van der Waals surface area (Å²) in [6.07, 6.45) is 3.68. The summed E-state index contributed by atoms with van der Waals surface area (Å²) in [5, 5.41) is 10.3. The van der Waals surface area contributed by atoms with E-state index in [1.54, 1.807) is 60.9 Å². The highest BCUT2D eigenvalue weighted by Crippen LogP contribution is 2.41. The van der Waals surface area contributed by atoms with Crippen molar-refractivity contribution in [2.75, 3.05) is 6.61 Å². The molecule has 0 spiro atoms. The van der Waals surface area contributed by atoms with E-state index in [0.29, 0.717) is 57.8 Å². The van der Waals surface area contributed by atoms with Crippen molar-refractivity contribution in [3.8, 4) is 28.5 Å². The van der Waals surface area contributed by atoms with Gasteiger partial charge in [-0.25, -0.2) is 0 Å². The van der Waals surface area contributed by atoms with Gasteiger partial charge in [-0.05, 0) is 48.9 Å². The molecule has 0 bridgehead atoms. The number of Topliss-reactive ketones (excluding diaryl/α,β-unsaturated/α-hetero) is 1. The molecule has 4 aromatic rings. The number of hydrogen-bond donors (Lipinski definition) is 1. The van der Waals surface area contributed by atoms with Crippen molar-refractivity contribution in [3.63, 3.8) is 0 Å². The predicted octanol–water partition coefficient (Wildman–Crippen LogP) is 6.62. The minimum absolute atomic E-state index is 0.0990. The lowest BCUT2D eigenvalue weighted by atomic mass is 9.93. The first-order valence-electron chi connectivity index (χ1n) is 11.4. The highest BCUT2D eigenvalue weighted by atomic mass is 35.5. The number of aromatic nitrogens is 2. The summed E-state index contributed by atoms with van der Waals surface area (Å²) in [6, 6.07) is 17.1. The SMILES string of the molecule is O=C(Cc1cnc(-c2cccc(Cl)c2)cn1)c1ccc(Oc2cc3c(cc2Cl)C(C(=O)O)CCO3)cc1. The predicted molar refractivity (Wildman–Crippen MR) is 139 cm³/mol. The number of carbonyl (C=O) groups is 2. The van der Waals surface area contributed by atoms with Crippen LogP contribution in [0.5, 0.6) is 17.2 Å². The fourth-order valence-electron chi connectivity index (χ4n) is 4.07. The van der Waals surface area contributed by atoms with Gasteiger partial charge in [0.1, 0.15) is 17.2 Å². The van der Waals surface area contributed by atoms with Crippen LogP contribution >= 0.6 is 23.2 Å². The highest BCUT2D eigenvalue weighted by molar-refractivity contribution is 6.32. The monoisotopic (exact) mass is 534 g/mol. The molecule has 9 heteroatoms. The molecule has 7 nitrogen and oxygen atoms in total. The number of carboxylic acids is 1. The minimum Gasteiger partial charge on any atom is -0.493 e. The first-order valence-corrected chi connectivity index (χ1v) is 12.2. The number of ether oxygens (including phenoxy) is 2. The zero-order valence-electron chi connectivity index (χ0n) is 19.4. The van der Waals surface area contributed by atoms with Crippen LogP contribution < -0.4 is 9.47 Å². The van der Waals surface area contributed by atoms with Crippen LogP contribution in [0.2, 0.25) is 10.0 Å². The van der Waals surface area contributed by atoms with Gasteiger partial charge in [0.05, 0.1) is 41.6 Å². The lowest BCUT2D eigenvalue weighted by Gasteiger charge is -2.24. The summed E-state index contributed by atoms with van der Waals surface area (Å²) < 4.78 is 11.5. The summed E-state index contributed by atoms with van der Waals surface area (Å²) in [5.74, 6) is -0.463. The maximum Gasteiger partial charge on any atom is 0.311 e. The topological polar surface area (TPSA) is 98.6 Å². The van der Waals surface area contributed by atoms with E-state index in [1.165, 1.54) is 0 Å². The third-order valence-corrected chi connectivity index (χ3v) is 6.50. The summed E-state index contributed by atoms with van der Waals surface area (Å²) in [7, 11) is 0. The molecule has 1 aliphatic rings. The van der Waals surface area contributed by atoms with Crippen molar-refractivity contribution >= 4 is 35.0 Å². The summed E-state index contributed by atoms with van der Waals surface area (Å²) >= 11 is 12.4. The van der Waals surface area contributed by atoms with Gasteiger partial charge in [0, 0.05) is 34.0 Å². The second kappa shape index (κ2) is 10.6. The zero-order chi connectivity index (χ0) is 25.9. The number of rotatable bonds is 7. The molecule has 1 aliphatic heterocycles. The quantitative estimate of drug-likeness (QED) is 0.266. The number of halogens is 2. The molecule has 0 amide bonds. The van der Waals surface area contributed by atoms with Gasteiger partial charge in [-0.1, -0.05) is 35.3 Å². The number of hydrogen-bond acceptors (Lipinski definition) is 6. The molecule has 3 aromatic carbocycles. The number of fused-ring (bicyclic) bond motifs is 1. The van der Waals surface area contributed by atoms with E-state index in [-0.39, 0.29) is 17.2 Å². The summed E-state index contributed by atoms with van der Waals surface area (Å²) in [5.41, 5.74) is 3.10. The number of ketones is 1. The smallest absolute Gasteiger partial charge is 0.311 e. The largest absolute Gasteiger partial charge is 0.493 e. The number of carboxylic acid groups (broad SMARTS) is 1. The van der Waals surface area contributed by atoms with Crippen LogP contribution in [0.1, 0.15) is 34.0 Å². The van der Waals surface area contributed by atoms with Gasteiger partial charge in [0.2, 0.25) is 0 Å². The van der Waals surface area contributed by atoms with Crippen molar-refractivity contribution in [2.45, 2.75) is 18.8 Å².